The highest BCUT2D eigenvalue weighted by molar-refractivity contribution is 5.77. The SMILES string of the molecule is O=Cc1ccc(OCCCC2CCCO2)c([N+](=O)[O-])c1. The van der Waals surface area contributed by atoms with Crippen LogP contribution in [0.3, 0.4) is 0 Å². The zero-order chi connectivity index (χ0) is 14.4. The molecule has 0 N–H and O–H groups in total. The highest BCUT2D eigenvalue weighted by Crippen LogP contribution is 2.28. The molecule has 1 heterocycles. The Morgan fingerprint density at radius 1 is 1.50 bits per heavy atom. The summed E-state index contributed by atoms with van der Waals surface area (Å²) >= 11 is 0. The molecule has 0 saturated carbocycles. The smallest absolute Gasteiger partial charge is 0.311 e. The maximum absolute atomic E-state index is 10.9. The lowest BCUT2D eigenvalue weighted by atomic mass is 10.1. The van der Waals surface area contributed by atoms with Crippen LogP contribution >= 0.6 is 0 Å². The minimum absolute atomic E-state index is 0.174. The summed E-state index contributed by atoms with van der Waals surface area (Å²) in [5.74, 6) is 0.202. The fourth-order valence-electron chi connectivity index (χ4n) is 2.24. The Morgan fingerprint density at radius 3 is 3.00 bits per heavy atom. The monoisotopic (exact) mass is 279 g/mol. The molecule has 1 aromatic carbocycles. The Hall–Kier alpha value is -1.95. The Labute approximate surface area is 116 Å². The number of benzene rings is 1. The van der Waals surface area contributed by atoms with E-state index in [-0.39, 0.29) is 17.0 Å². The van der Waals surface area contributed by atoms with Crippen molar-refractivity contribution in [3.8, 4) is 5.75 Å². The zero-order valence-electron chi connectivity index (χ0n) is 11.1. The molecule has 1 aliphatic rings. The first-order chi connectivity index (χ1) is 9.70. The van der Waals surface area contributed by atoms with Gasteiger partial charge in [-0.3, -0.25) is 14.9 Å². The second kappa shape index (κ2) is 7.00. The van der Waals surface area contributed by atoms with Gasteiger partial charge in [0.25, 0.3) is 0 Å². The fourth-order valence-corrected chi connectivity index (χ4v) is 2.24. The minimum Gasteiger partial charge on any atom is -0.487 e. The lowest BCUT2D eigenvalue weighted by molar-refractivity contribution is -0.385. The predicted molar refractivity (Wildman–Crippen MR) is 72.2 cm³/mol. The van der Waals surface area contributed by atoms with Gasteiger partial charge in [-0.1, -0.05) is 0 Å². The lowest BCUT2D eigenvalue weighted by Crippen LogP contribution is -2.08. The van der Waals surface area contributed by atoms with Crippen molar-refractivity contribution in [2.24, 2.45) is 0 Å². The molecule has 0 aromatic heterocycles. The predicted octanol–water partition coefficient (Wildman–Crippen LogP) is 2.75. The van der Waals surface area contributed by atoms with E-state index in [2.05, 4.69) is 0 Å². The van der Waals surface area contributed by atoms with Crippen LogP contribution in [0.2, 0.25) is 0 Å². The third kappa shape index (κ3) is 3.77. The maximum Gasteiger partial charge on any atom is 0.311 e. The van der Waals surface area contributed by atoms with Gasteiger partial charge in [-0.15, -0.1) is 0 Å². The van der Waals surface area contributed by atoms with Crippen molar-refractivity contribution in [2.45, 2.75) is 31.8 Å². The summed E-state index contributed by atoms with van der Waals surface area (Å²) < 4.78 is 10.9. The van der Waals surface area contributed by atoms with Crippen LogP contribution in [0.15, 0.2) is 18.2 Å². The molecule has 20 heavy (non-hydrogen) atoms. The largest absolute Gasteiger partial charge is 0.487 e. The summed E-state index contributed by atoms with van der Waals surface area (Å²) in [6, 6.07) is 4.20. The molecule has 0 bridgehead atoms. The molecule has 1 fully saturated rings. The van der Waals surface area contributed by atoms with Crippen LogP contribution in [0.5, 0.6) is 5.75 Å². The van der Waals surface area contributed by atoms with Crippen molar-refractivity contribution in [3.05, 3.63) is 33.9 Å². The van der Waals surface area contributed by atoms with Crippen LogP contribution < -0.4 is 4.74 Å². The average molecular weight is 279 g/mol. The van der Waals surface area contributed by atoms with Crippen LogP contribution in [0.25, 0.3) is 0 Å². The van der Waals surface area contributed by atoms with Crippen molar-refractivity contribution in [1.82, 2.24) is 0 Å². The summed E-state index contributed by atoms with van der Waals surface area (Å²) in [6.07, 6.45) is 4.75. The van der Waals surface area contributed by atoms with Gasteiger partial charge in [0.2, 0.25) is 0 Å². The van der Waals surface area contributed by atoms with Crippen LogP contribution in [0, 0.1) is 10.1 Å². The van der Waals surface area contributed by atoms with E-state index in [1.807, 2.05) is 0 Å². The first kappa shape index (κ1) is 14.5. The third-order valence-corrected chi connectivity index (χ3v) is 3.27. The Kier molecular flexibility index (Phi) is 5.06. The summed E-state index contributed by atoms with van der Waals surface area (Å²) in [5.41, 5.74) is 0.0927. The summed E-state index contributed by atoms with van der Waals surface area (Å²) in [6.45, 7) is 1.23. The molecule has 0 aliphatic carbocycles. The number of rotatable bonds is 7. The van der Waals surface area contributed by atoms with Crippen molar-refractivity contribution >= 4 is 12.0 Å². The van der Waals surface area contributed by atoms with E-state index in [9.17, 15) is 14.9 Å². The Balaban J connectivity index is 1.87. The van der Waals surface area contributed by atoms with E-state index in [1.165, 1.54) is 18.2 Å². The number of nitro groups is 1. The molecule has 0 spiro atoms. The van der Waals surface area contributed by atoms with E-state index >= 15 is 0 Å². The van der Waals surface area contributed by atoms with Gasteiger partial charge in [-0.25, -0.2) is 0 Å². The molecule has 1 atom stereocenters. The van der Waals surface area contributed by atoms with Crippen molar-refractivity contribution in [2.75, 3.05) is 13.2 Å². The number of carbonyl (C=O) groups is 1. The van der Waals surface area contributed by atoms with Gasteiger partial charge >= 0.3 is 5.69 Å². The quantitative estimate of drug-likeness (QED) is 0.332. The number of hydrogen-bond acceptors (Lipinski definition) is 5. The molecule has 1 unspecified atom stereocenters. The molecule has 6 heteroatoms. The van der Waals surface area contributed by atoms with Crippen molar-refractivity contribution < 1.29 is 19.2 Å². The molecule has 1 saturated heterocycles. The maximum atomic E-state index is 10.9. The number of ether oxygens (including phenoxy) is 2. The van der Waals surface area contributed by atoms with E-state index < -0.39 is 4.92 Å². The Morgan fingerprint density at radius 2 is 2.35 bits per heavy atom. The zero-order valence-corrected chi connectivity index (χ0v) is 11.1. The number of aldehydes is 1. The van der Waals surface area contributed by atoms with Gasteiger partial charge in [-0.2, -0.15) is 0 Å². The summed E-state index contributed by atoms with van der Waals surface area (Å²) in [5, 5.41) is 10.9. The first-order valence-corrected chi connectivity index (χ1v) is 6.68. The molecular formula is C14H17NO5. The Bertz CT molecular complexity index is 482. The second-order valence-electron chi connectivity index (χ2n) is 4.73. The van der Waals surface area contributed by atoms with Crippen molar-refractivity contribution in [3.63, 3.8) is 0 Å². The van der Waals surface area contributed by atoms with Gasteiger partial charge in [0, 0.05) is 18.2 Å². The molecule has 108 valence electrons. The third-order valence-electron chi connectivity index (χ3n) is 3.27. The number of nitrogens with zero attached hydrogens (tertiary/aromatic N) is 1. The topological polar surface area (TPSA) is 78.7 Å². The second-order valence-corrected chi connectivity index (χ2v) is 4.73. The molecule has 2 rings (SSSR count). The highest BCUT2D eigenvalue weighted by atomic mass is 16.6. The van der Waals surface area contributed by atoms with Crippen LogP contribution in [-0.4, -0.2) is 30.5 Å². The van der Waals surface area contributed by atoms with Gasteiger partial charge in [0.05, 0.1) is 17.6 Å². The van der Waals surface area contributed by atoms with Crippen molar-refractivity contribution in [1.29, 1.82) is 0 Å². The standard InChI is InChI=1S/C14H17NO5/c16-10-11-5-6-14(13(9-11)15(17)18)20-8-2-4-12-3-1-7-19-12/h5-6,9-10,12H,1-4,7-8H2. The molecule has 0 radical (unpaired) electrons. The van der Waals surface area contributed by atoms with E-state index in [0.717, 1.165) is 32.3 Å². The van der Waals surface area contributed by atoms with Gasteiger partial charge in [-0.05, 0) is 37.8 Å². The highest BCUT2D eigenvalue weighted by Gasteiger charge is 2.17. The molecule has 6 nitrogen and oxygen atoms in total. The van der Waals surface area contributed by atoms with Gasteiger partial charge in [0.1, 0.15) is 6.29 Å². The summed E-state index contributed by atoms with van der Waals surface area (Å²) in [7, 11) is 0. The van der Waals surface area contributed by atoms with E-state index in [1.54, 1.807) is 0 Å². The molecular weight excluding hydrogens is 262 g/mol. The number of carbonyl (C=O) groups excluding carboxylic acids is 1. The lowest BCUT2D eigenvalue weighted by Gasteiger charge is -2.10. The number of nitro benzene ring substituents is 1. The van der Waals surface area contributed by atoms with E-state index in [4.69, 9.17) is 9.47 Å². The normalized spacial score (nSPS) is 17.9. The minimum atomic E-state index is -0.539. The van der Waals surface area contributed by atoms with Crippen LogP contribution in [-0.2, 0) is 4.74 Å². The van der Waals surface area contributed by atoms with Gasteiger partial charge in [0.15, 0.2) is 5.75 Å². The molecule has 1 aliphatic heterocycles. The van der Waals surface area contributed by atoms with E-state index in [0.29, 0.717) is 19.0 Å². The molecule has 0 amide bonds. The fraction of sp³-hybridized carbons (Fsp3) is 0.500. The number of hydrogen-bond donors (Lipinski definition) is 0. The first-order valence-electron chi connectivity index (χ1n) is 6.68. The molecule has 1 aromatic rings. The average Bonchev–Trinajstić information content (AvgIpc) is 2.96. The summed E-state index contributed by atoms with van der Waals surface area (Å²) in [4.78, 5) is 21.0. The van der Waals surface area contributed by atoms with Crippen LogP contribution in [0.4, 0.5) is 5.69 Å². The van der Waals surface area contributed by atoms with Crippen LogP contribution in [0.1, 0.15) is 36.0 Å². The van der Waals surface area contributed by atoms with Gasteiger partial charge < -0.3 is 9.47 Å².